The fourth-order valence-electron chi connectivity index (χ4n) is 2.36. The number of Topliss-reactive ketones (excluding diaryl/α,β-unsaturated/α-hetero) is 1. The second kappa shape index (κ2) is 13.6. The summed E-state index contributed by atoms with van der Waals surface area (Å²) in [6.45, 7) is 8.02. The Labute approximate surface area is 171 Å². The molecule has 0 aliphatic heterocycles. The van der Waals surface area contributed by atoms with Gasteiger partial charge in [0.05, 0.1) is 25.5 Å². The van der Waals surface area contributed by atoms with Gasteiger partial charge in [-0.3, -0.25) is 24.0 Å². The minimum absolute atomic E-state index is 0.00369. The zero-order valence-electron chi connectivity index (χ0n) is 17.7. The summed E-state index contributed by atoms with van der Waals surface area (Å²) >= 11 is 0. The van der Waals surface area contributed by atoms with Crippen LogP contribution in [0.1, 0.15) is 53.4 Å². The van der Waals surface area contributed by atoms with E-state index in [4.69, 9.17) is 16.2 Å². The van der Waals surface area contributed by atoms with Gasteiger partial charge in [-0.1, -0.05) is 27.7 Å². The second-order valence-electron chi connectivity index (χ2n) is 7.62. The Morgan fingerprint density at radius 2 is 1.38 bits per heavy atom. The number of amides is 4. The highest BCUT2D eigenvalue weighted by Crippen LogP contribution is 2.05. The fraction of sp³-hybridized carbons (Fsp3) is 0.737. The fourth-order valence-corrected chi connectivity index (χ4v) is 2.36. The Morgan fingerprint density at radius 1 is 0.828 bits per heavy atom. The highest BCUT2D eigenvalue weighted by atomic mass is 16.5. The first-order valence-corrected chi connectivity index (χ1v) is 9.71. The Hall–Kier alpha value is -2.49. The maximum atomic E-state index is 12.5. The summed E-state index contributed by atoms with van der Waals surface area (Å²) in [5.41, 5.74) is 10.3. The minimum atomic E-state index is -1.27. The van der Waals surface area contributed by atoms with Crippen molar-refractivity contribution in [1.29, 1.82) is 0 Å². The molecule has 0 rings (SSSR count). The number of primary amides is 2. The van der Waals surface area contributed by atoms with E-state index in [0.717, 1.165) is 6.42 Å². The average Bonchev–Trinajstić information content (AvgIpc) is 2.58. The van der Waals surface area contributed by atoms with E-state index in [1.54, 1.807) is 13.8 Å². The average molecular weight is 415 g/mol. The van der Waals surface area contributed by atoms with Crippen LogP contribution in [-0.2, 0) is 28.7 Å². The molecular weight excluding hydrogens is 380 g/mol. The van der Waals surface area contributed by atoms with Crippen molar-refractivity contribution in [2.24, 2.45) is 23.3 Å². The SMILES string of the molecule is CC(C)CCOCCC(=O)N[C@@H](CC(N)=O)C(=O)N[C@@H](CC(N)=O)C(=O)C(C)C. The third-order valence-electron chi connectivity index (χ3n) is 4.00. The van der Waals surface area contributed by atoms with Crippen molar-refractivity contribution in [3.63, 3.8) is 0 Å². The molecule has 0 aliphatic rings. The summed E-state index contributed by atoms with van der Waals surface area (Å²) in [4.78, 5) is 59.3. The van der Waals surface area contributed by atoms with Crippen LogP contribution in [-0.4, -0.2) is 54.7 Å². The lowest BCUT2D eigenvalue weighted by Crippen LogP contribution is -2.54. The molecule has 0 saturated carbocycles. The Bertz CT molecular complexity index is 591. The van der Waals surface area contributed by atoms with Crippen LogP contribution in [0.5, 0.6) is 0 Å². The summed E-state index contributed by atoms with van der Waals surface area (Å²) < 4.78 is 5.36. The van der Waals surface area contributed by atoms with Gasteiger partial charge in [0.15, 0.2) is 5.78 Å². The molecule has 0 unspecified atom stereocenters. The molecule has 0 heterocycles. The minimum Gasteiger partial charge on any atom is -0.381 e. The molecule has 0 spiro atoms. The van der Waals surface area contributed by atoms with Crippen LogP contribution in [0.4, 0.5) is 0 Å². The number of ether oxygens (including phenoxy) is 1. The summed E-state index contributed by atoms with van der Waals surface area (Å²) in [6.07, 6.45) is 0.0182. The van der Waals surface area contributed by atoms with Gasteiger partial charge in [0, 0.05) is 18.9 Å². The van der Waals surface area contributed by atoms with Crippen molar-refractivity contribution < 1.29 is 28.7 Å². The molecule has 0 saturated heterocycles. The first-order chi connectivity index (χ1) is 13.4. The molecule has 166 valence electrons. The molecule has 0 aliphatic carbocycles. The molecule has 29 heavy (non-hydrogen) atoms. The molecular formula is C19H34N4O6. The Balaban J connectivity index is 4.89. The standard InChI is InChI=1S/C19H34N4O6/c1-11(2)5-7-29-8-6-17(26)22-14(10-16(21)25)19(28)23-13(9-15(20)24)18(27)12(3)4/h11-14H,5-10H2,1-4H3,(H2,20,24)(H2,21,25)(H,22,26)(H,23,28)/t13-,14-/m0/s1. The van der Waals surface area contributed by atoms with E-state index in [2.05, 4.69) is 24.5 Å². The van der Waals surface area contributed by atoms with Crippen LogP contribution < -0.4 is 22.1 Å². The lowest BCUT2D eigenvalue weighted by molar-refractivity contribution is -0.135. The number of ketones is 1. The summed E-state index contributed by atoms with van der Waals surface area (Å²) in [5.74, 6) is -3.23. The number of carbonyl (C=O) groups excluding carboxylic acids is 5. The lowest BCUT2D eigenvalue weighted by Gasteiger charge is -2.22. The molecule has 4 amide bonds. The van der Waals surface area contributed by atoms with Gasteiger partial charge >= 0.3 is 0 Å². The van der Waals surface area contributed by atoms with Gasteiger partial charge in [-0.05, 0) is 12.3 Å². The quantitative estimate of drug-likeness (QED) is 0.260. The van der Waals surface area contributed by atoms with E-state index in [9.17, 15) is 24.0 Å². The summed E-state index contributed by atoms with van der Waals surface area (Å²) in [6, 6.07) is -2.42. The predicted octanol–water partition coefficient (Wildman–Crippen LogP) is -0.615. The van der Waals surface area contributed by atoms with Crippen LogP contribution in [0.25, 0.3) is 0 Å². The van der Waals surface area contributed by atoms with E-state index in [1.807, 2.05) is 0 Å². The van der Waals surface area contributed by atoms with Crippen LogP contribution in [0, 0.1) is 11.8 Å². The number of nitrogens with one attached hydrogen (secondary N) is 2. The van der Waals surface area contributed by atoms with Gasteiger partial charge in [0.1, 0.15) is 6.04 Å². The monoisotopic (exact) mass is 414 g/mol. The largest absolute Gasteiger partial charge is 0.381 e. The molecule has 2 atom stereocenters. The molecule has 10 heteroatoms. The molecule has 0 radical (unpaired) electrons. The summed E-state index contributed by atoms with van der Waals surface area (Å²) in [7, 11) is 0. The first-order valence-electron chi connectivity index (χ1n) is 9.71. The topological polar surface area (TPSA) is 171 Å². The van der Waals surface area contributed by atoms with E-state index in [1.165, 1.54) is 0 Å². The van der Waals surface area contributed by atoms with Crippen molar-refractivity contribution in [2.45, 2.75) is 65.5 Å². The van der Waals surface area contributed by atoms with Crippen molar-refractivity contribution in [1.82, 2.24) is 10.6 Å². The Kier molecular flexibility index (Phi) is 12.5. The summed E-state index contributed by atoms with van der Waals surface area (Å²) in [5, 5.41) is 4.80. The number of nitrogens with two attached hydrogens (primary N) is 2. The van der Waals surface area contributed by atoms with E-state index < -0.39 is 48.1 Å². The Morgan fingerprint density at radius 3 is 1.86 bits per heavy atom. The van der Waals surface area contributed by atoms with Crippen molar-refractivity contribution >= 4 is 29.4 Å². The van der Waals surface area contributed by atoms with Gasteiger partial charge in [-0.25, -0.2) is 0 Å². The maximum Gasteiger partial charge on any atom is 0.243 e. The molecule has 0 fully saturated rings. The second-order valence-corrected chi connectivity index (χ2v) is 7.62. The van der Waals surface area contributed by atoms with Gasteiger partial charge in [0.2, 0.25) is 23.6 Å². The zero-order chi connectivity index (χ0) is 22.6. The molecule has 6 N–H and O–H groups in total. The third kappa shape index (κ3) is 12.6. The zero-order valence-corrected chi connectivity index (χ0v) is 17.7. The molecule has 0 aromatic rings. The maximum absolute atomic E-state index is 12.5. The van der Waals surface area contributed by atoms with E-state index >= 15 is 0 Å². The number of hydrogen-bond acceptors (Lipinski definition) is 6. The van der Waals surface area contributed by atoms with Crippen LogP contribution >= 0.6 is 0 Å². The van der Waals surface area contributed by atoms with Gasteiger partial charge in [-0.2, -0.15) is 0 Å². The smallest absolute Gasteiger partial charge is 0.243 e. The highest BCUT2D eigenvalue weighted by Gasteiger charge is 2.29. The van der Waals surface area contributed by atoms with Crippen LogP contribution in [0.3, 0.4) is 0 Å². The molecule has 0 aromatic carbocycles. The van der Waals surface area contributed by atoms with E-state index in [0.29, 0.717) is 12.5 Å². The molecule has 0 bridgehead atoms. The molecule has 10 nitrogen and oxygen atoms in total. The predicted molar refractivity (Wildman–Crippen MR) is 106 cm³/mol. The van der Waals surface area contributed by atoms with Crippen LogP contribution in [0.2, 0.25) is 0 Å². The van der Waals surface area contributed by atoms with Crippen molar-refractivity contribution in [3.8, 4) is 0 Å². The van der Waals surface area contributed by atoms with Gasteiger partial charge in [0.25, 0.3) is 0 Å². The normalized spacial score (nSPS) is 13.0. The number of rotatable bonds is 15. The highest BCUT2D eigenvalue weighted by molar-refractivity contribution is 5.97. The first kappa shape index (κ1) is 26.5. The van der Waals surface area contributed by atoms with Crippen molar-refractivity contribution in [3.05, 3.63) is 0 Å². The number of hydrogen-bond donors (Lipinski definition) is 4. The lowest BCUT2D eigenvalue weighted by atomic mass is 9.98. The third-order valence-corrected chi connectivity index (χ3v) is 4.00. The molecule has 0 aromatic heterocycles. The number of carbonyl (C=O) groups is 5. The van der Waals surface area contributed by atoms with Crippen molar-refractivity contribution in [2.75, 3.05) is 13.2 Å². The van der Waals surface area contributed by atoms with Gasteiger partial charge < -0.3 is 26.8 Å². The van der Waals surface area contributed by atoms with Crippen LogP contribution in [0.15, 0.2) is 0 Å². The van der Waals surface area contributed by atoms with Gasteiger partial charge in [-0.15, -0.1) is 0 Å². The van der Waals surface area contributed by atoms with E-state index in [-0.39, 0.29) is 25.2 Å².